The molecule has 5 nitrogen and oxygen atoms in total. The standard InChI is InChI=1S/C34H27ClF8N2O3S/c1-33(2,3)48-32(47)21-8-14-24(15-9-21)45(17-20-4-10-22(11-5-20)34(41,42)43)25(46)18-44(16-19-6-12-23(35)13-7-19)49-31-29(39)27(37)26(36)28(38)30(31)40/h4-15H,16-18H2,1-3H3. The maximum absolute atomic E-state index is 14.7. The zero-order chi connectivity index (χ0) is 36.3. The van der Waals surface area contributed by atoms with E-state index in [9.17, 15) is 44.7 Å². The fourth-order valence-corrected chi connectivity index (χ4v) is 5.48. The first kappa shape index (κ1) is 37.7. The third-order valence-corrected chi connectivity index (χ3v) is 8.02. The van der Waals surface area contributed by atoms with Crippen LogP contribution in [-0.2, 0) is 28.8 Å². The Morgan fingerprint density at radius 3 is 1.71 bits per heavy atom. The van der Waals surface area contributed by atoms with E-state index in [0.29, 0.717) is 10.6 Å². The molecule has 0 heterocycles. The lowest BCUT2D eigenvalue weighted by Gasteiger charge is -2.28. The number of amides is 1. The lowest BCUT2D eigenvalue weighted by atomic mass is 10.1. The summed E-state index contributed by atoms with van der Waals surface area (Å²) in [6.45, 7) is 3.77. The van der Waals surface area contributed by atoms with Gasteiger partial charge in [0.25, 0.3) is 0 Å². The second kappa shape index (κ2) is 15.2. The first-order valence-electron chi connectivity index (χ1n) is 14.3. The molecular weight excluding hydrogens is 704 g/mol. The maximum Gasteiger partial charge on any atom is 0.416 e. The van der Waals surface area contributed by atoms with Crippen LogP contribution in [0.1, 0.15) is 47.8 Å². The van der Waals surface area contributed by atoms with Crippen LogP contribution in [0, 0.1) is 29.1 Å². The van der Waals surface area contributed by atoms with E-state index in [2.05, 4.69) is 0 Å². The Morgan fingerprint density at radius 2 is 1.20 bits per heavy atom. The summed E-state index contributed by atoms with van der Waals surface area (Å²) in [7, 11) is 0. The molecule has 0 fully saturated rings. The van der Waals surface area contributed by atoms with Crippen molar-refractivity contribution < 1.29 is 49.4 Å². The van der Waals surface area contributed by atoms with Crippen molar-refractivity contribution in [2.45, 2.75) is 50.5 Å². The summed E-state index contributed by atoms with van der Waals surface area (Å²) in [6, 6.07) is 15.5. The Labute approximate surface area is 285 Å². The highest BCUT2D eigenvalue weighted by molar-refractivity contribution is 7.97. The normalized spacial score (nSPS) is 11.9. The number of esters is 1. The molecule has 0 N–H and O–H groups in total. The van der Waals surface area contributed by atoms with Gasteiger partial charge < -0.3 is 9.64 Å². The van der Waals surface area contributed by atoms with Gasteiger partial charge in [-0.2, -0.15) is 13.2 Å². The van der Waals surface area contributed by atoms with Crippen molar-refractivity contribution in [3.8, 4) is 0 Å². The van der Waals surface area contributed by atoms with E-state index in [1.807, 2.05) is 0 Å². The summed E-state index contributed by atoms with van der Waals surface area (Å²) in [5.41, 5.74) is -0.722. The van der Waals surface area contributed by atoms with Gasteiger partial charge in [0.05, 0.1) is 24.2 Å². The zero-order valence-corrected chi connectivity index (χ0v) is 27.6. The van der Waals surface area contributed by atoms with Crippen molar-refractivity contribution in [1.29, 1.82) is 0 Å². The van der Waals surface area contributed by atoms with Crippen molar-refractivity contribution in [3.05, 3.63) is 129 Å². The molecule has 0 aliphatic rings. The van der Waals surface area contributed by atoms with Crippen LogP contribution in [0.2, 0.25) is 5.02 Å². The number of hydrogen-bond donors (Lipinski definition) is 0. The lowest BCUT2D eigenvalue weighted by Crippen LogP contribution is -2.38. The molecule has 49 heavy (non-hydrogen) atoms. The van der Waals surface area contributed by atoms with E-state index in [4.69, 9.17) is 16.3 Å². The molecule has 0 atom stereocenters. The van der Waals surface area contributed by atoms with Gasteiger partial charge in [0.1, 0.15) is 10.5 Å². The summed E-state index contributed by atoms with van der Waals surface area (Å²) in [6.07, 6.45) is -4.62. The van der Waals surface area contributed by atoms with Crippen LogP contribution in [0.5, 0.6) is 0 Å². The molecule has 0 radical (unpaired) electrons. The molecule has 0 saturated heterocycles. The second-order valence-electron chi connectivity index (χ2n) is 11.6. The molecule has 4 rings (SSSR count). The number of benzene rings is 4. The molecule has 260 valence electrons. The predicted molar refractivity (Wildman–Crippen MR) is 168 cm³/mol. The van der Waals surface area contributed by atoms with Crippen molar-refractivity contribution in [3.63, 3.8) is 0 Å². The van der Waals surface area contributed by atoms with Gasteiger partial charge in [-0.25, -0.2) is 31.1 Å². The van der Waals surface area contributed by atoms with Gasteiger partial charge in [0.15, 0.2) is 23.3 Å². The molecule has 1 amide bonds. The minimum atomic E-state index is -4.62. The first-order chi connectivity index (χ1) is 22.8. The average molecular weight is 731 g/mol. The largest absolute Gasteiger partial charge is 0.456 e. The molecular formula is C34H27ClF8N2O3S. The van der Waals surface area contributed by atoms with E-state index in [-0.39, 0.29) is 41.9 Å². The molecule has 0 spiro atoms. The quantitative estimate of drug-likeness (QED) is 0.0535. The lowest BCUT2D eigenvalue weighted by molar-refractivity contribution is -0.137. The number of rotatable bonds is 10. The Kier molecular flexibility index (Phi) is 11.7. The number of carbonyl (C=O) groups is 2. The van der Waals surface area contributed by atoms with Gasteiger partial charge in [0.2, 0.25) is 11.7 Å². The fraction of sp³-hybridized carbons (Fsp3) is 0.235. The van der Waals surface area contributed by atoms with Crippen LogP contribution in [0.3, 0.4) is 0 Å². The highest BCUT2D eigenvalue weighted by Crippen LogP contribution is 2.35. The van der Waals surface area contributed by atoms with Crippen molar-refractivity contribution in [2.24, 2.45) is 0 Å². The number of nitrogens with zero attached hydrogens (tertiary/aromatic N) is 2. The molecule has 0 unspecified atom stereocenters. The Morgan fingerprint density at radius 1 is 0.714 bits per heavy atom. The van der Waals surface area contributed by atoms with Gasteiger partial charge in [-0.1, -0.05) is 35.9 Å². The first-order valence-corrected chi connectivity index (χ1v) is 15.5. The van der Waals surface area contributed by atoms with Crippen LogP contribution in [0.25, 0.3) is 0 Å². The third-order valence-electron chi connectivity index (χ3n) is 6.71. The van der Waals surface area contributed by atoms with Crippen molar-refractivity contribution in [2.75, 3.05) is 11.4 Å². The van der Waals surface area contributed by atoms with Crippen LogP contribution in [-0.4, -0.2) is 28.3 Å². The Hall–Kier alpha value is -4.14. The topological polar surface area (TPSA) is 49.9 Å². The highest BCUT2D eigenvalue weighted by atomic mass is 35.5. The summed E-state index contributed by atoms with van der Waals surface area (Å²) in [4.78, 5) is 26.4. The molecule has 0 aromatic heterocycles. The number of ether oxygens (including phenoxy) is 1. The van der Waals surface area contributed by atoms with Gasteiger partial charge in [-0.15, -0.1) is 0 Å². The van der Waals surface area contributed by atoms with Crippen LogP contribution in [0.15, 0.2) is 77.7 Å². The van der Waals surface area contributed by atoms with E-state index in [1.165, 1.54) is 48.5 Å². The summed E-state index contributed by atoms with van der Waals surface area (Å²) >= 11 is 6.06. The van der Waals surface area contributed by atoms with E-state index in [0.717, 1.165) is 33.5 Å². The van der Waals surface area contributed by atoms with Gasteiger partial charge in [-0.05, 0) is 92.4 Å². The minimum Gasteiger partial charge on any atom is -0.456 e. The van der Waals surface area contributed by atoms with Crippen molar-refractivity contribution in [1.82, 2.24) is 4.31 Å². The number of alkyl halides is 3. The van der Waals surface area contributed by atoms with E-state index in [1.54, 1.807) is 20.8 Å². The fourth-order valence-electron chi connectivity index (χ4n) is 4.36. The smallest absolute Gasteiger partial charge is 0.416 e. The minimum absolute atomic E-state index is 0.112. The molecule has 0 aliphatic carbocycles. The monoisotopic (exact) mass is 730 g/mol. The van der Waals surface area contributed by atoms with Gasteiger partial charge in [-0.3, -0.25) is 4.79 Å². The zero-order valence-electron chi connectivity index (χ0n) is 26.0. The molecule has 4 aromatic carbocycles. The van der Waals surface area contributed by atoms with Crippen LogP contribution in [0.4, 0.5) is 40.8 Å². The molecule has 4 aromatic rings. The average Bonchev–Trinajstić information content (AvgIpc) is 3.03. The summed E-state index contributed by atoms with van der Waals surface area (Å²) in [5, 5.41) is 0.344. The van der Waals surface area contributed by atoms with Gasteiger partial charge >= 0.3 is 12.1 Å². The molecule has 0 aliphatic heterocycles. The second-order valence-corrected chi connectivity index (χ2v) is 13.2. The maximum atomic E-state index is 14.7. The number of halogens is 9. The summed E-state index contributed by atoms with van der Waals surface area (Å²) in [5.74, 6) is -12.3. The Bertz CT molecular complexity index is 1790. The predicted octanol–water partition coefficient (Wildman–Crippen LogP) is 9.75. The SMILES string of the molecule is CC(C)(C)OC(=O)c1ccc(N(Cc2ccc(C(F)(F)F)cc2)C(=O)CN(Cc2ccc(Cl)cc2)Sc2c(F)c(F)c(F)c(F)c2F)cc1. The van der Waals surface area contributed by atoms with E-state index < -0.39 is 69.7 Å². The number of hydrogen-bond acceptors (Lipinski definition) is 5. The highest BCUT2D eigenvalue weighted by Gasteiger charge is 2.31. The van der Waals surface area contributed by atoms with Gasteiger partial charge in [0, 0.05) is 17.3 Å². The summed E-state index contributed by atoms with van der Waals surface area (Å²) < 4.78 is 117. The molecule has 0 bridgehead atoms. The van der Waals surface area contributed by atoms with E-state index >= 15 is 0 Å². The number of anilines is 1. The molecule has 15 heteroatoms. The molecule has 0 saturated carbocycles. The van der Waals surface area contributed by atoms with Crippen LogP contribution >= 0.6 is 23.5 Å². The Balaban J connectivity index is 1.72. The third kappa shape index (κ3) is 9.73. The number of carbonyl (C=O) groups excluding carboxylic acids is 2. The van der Waals surface area contributed by atoms with Crippen molar-refractivity contribution >= 4 is 41.1 Å². The van der Waals surface area contributed by atoms with Crippen LogP contribution < -0.4 is 4.90 Å².